The fourth-order valence-corrected chi connectivity index (χ4v) is 4.65. The lowest BCUT2D eigenvalue weighted by Gasteiger charge is -2.41. The van der Waals surface area contributed by atoms with Crippen LogP contribution >= 0.6 is 11.8 Å². The Bertz CT molecular complexity index is 706. The summed E-state index contributed by atoms with van der Waals surface area (Å²) in [5, 5.41) is 41.8. The SMILES string of the molecule is CCCCC1C(CSCC[C@H](NC(=O)OCc2ccccc2)C(=O)O)OC(O)C(O)C1O. The van der Waals surface area contributed by atoms with Gasteiger partial charge in [-0.05, 0) is 24.2 Å². The molecule has 0 spiro atoms. The van der Waals surface area contributed by atoms with E-state index in [4.69, 9.17) is 9.47 Å². The lowest BCUT2D eigenvalue weighted by atomic mass is 9.86. The molecule has 1 heterocycles. The number of hydrogen-bond acceptors (Lipinski definition) is 8. The van der Waals surface area contributed by atoms with Gasteiger partial charge < -0.3 is 35.2 Å². The summed E-state index contributed by atoms with van der Waals surface area (Å²) in [5.41, 5.74) is 0.796. The summed E-state index contributed by atoms with van der Waals surface area (Å²) in [7, 11) is 0. The molecular weight excluding hydrogens is 438 g/mol. The minimum absolute atomic E-state index is 0.0441. The van der Waals surface area contributed by atoms with Crippen molar-refractivity contribution in [2.24, 2.45) is 5.92 Å². The van der Waals surface area contributed by atoms with Crippen LogP contribution in [0, 0.1) is 5.92 Å². The fourth-order valence-electron chi connectivity index (χ4n) is 3.53. The number of hydrogen-bond donors (Lipinski definition) is 5. The molecule has 1 fully saturated rings. The largest absolute Gasteiger partial charge is 0.480 e. The van der Waals surface area contributed by atoms with Crippen LogP contribution in [-0.2, 0) is 20.9 Å². The summed E-state index contributed by atoms with van der Waals surface area (Å²) in [6.45, 7) is 2.07. The maximum absolute atomic E-state index is 12.0. The summed E-state index contributed by atoms with van der Waals surface area (Å²) < 4.78 is 10.6. The van der Waals surface area contributed by atoms with Crippen LogP contribution in [0.4, 0.5) is 4.79 Å². The number of aliphatic carboxylic acids is 1. The standard InChI is InChI=1S/C22H33NO8S/c1-2-3-9-15-17(31-21(28)19(25)18(15)24)13-32-11-10-16(20(26)27)23-22(29)30-12-14-7-5-4-6-8-14/h4-8,15-19,21,24-25,28H,2-3,9-13H2,1H3,(H,23,29)(H,26,27)/t15?,16-,17?,18?,19?,21?/m0/s1. The van der Waals surface area contributed by atoms with Crippen molar-refractivity contribution in [3.05, 3.63) is 35.9 Å². The summed E-state index contributed by atoms with van der Waals surface area (Å²) in [6.07, 6.45) is -2.56. The molecule has 1 aliphatic rings. The Morgan fingerprint density at radius 1 is 1.19 bits per heavy atom. The van der Waals surface area contributed by atoms with Crippen LogP contribution in [0.25, 0.3) is 0 Å². The van der Waals surface area contributed by atoms with Gasteiger partial charge in [-0.25, -0.2) is 9.59 Å². The van der Waals surface area contributed by atoms with Gasteiger partial charge in [-0.1, -0.05) is 50.1 Å². The van der Waals surface area contributed by atoms with Crippen LogP contribution in [0.15, 0.2) is 30.3 Å². The topological polar surface area (TPSA) is 146 Å². The van der Waals surface area contributed by atoms with Gasteiger partial charge in [-0.2, -0.15) is 11.8 Å². The second-order valence-corrected chi connectivity index (χ2v) is 8.96. The number of thioether (sulfide) groups is 1. The molecule has 1 saturated heterocycles. The van der Waals surface area contributed by atoms with E-state index >= 15 is 0 Å². The molecule has 1 aromatic carbocycles. The molecule has 1 amide bonds. The van der Waals surface area contributed by atoms with Gasteiger partial charge >= 0.3 is 12.1 Å². The number of carbonyl (C=O) groups excluding carboxylic acids is 1. The average molecular weight is 472 g/mol. The summed E-state index contributed by atoms with van der Waals surface area (Å²) in [4.78, 5) is 23.5. The van der Waals surface area contributed by atoms with Crippen molar-refractivity contribution in [1.82, 2.24) is 5.32 Å². The van der Waals surface area contributed by atoms with Gasteiger partial charge in [0, 0.05) is 11.7 Å². The maximum atomic E-state index is 12.0. The van der Waals surface area contributed by atoms with Crippen molar-refractivity contribution < 1.29 is 39.5 Å². The van der Waals surface area contributed by atoms with Gasteiger partial charge in [-0.15, -0.1) is 0 Å². The van der Waals surface area contributed by atoms with Gasteiger partial charge in [0.05, 0.1) is 12.2 Å². The van der Waals surface area contributed by atoms with E-state index in [1.54, 1.807) is 12.1 Å². The second-order valence-electron chi connectivity index (χ2n) is 7.81. The van der Waals surface area contributed by atoms with E-state index in [0.29, 0.717) is 17.9 Å². The number of amides is 1. The first kappa shape index (κ1) is 26.4. The van der Waals surface area contributed by atoms with E-state index in [2.05, 4.69) is 5.32 Å². The Kier molecular flexibility index (Phi) is 11.3. The molecule has 0 bridgehead atoms. The number of aliphatic hydroxyl groups excluding tert-OH is 3. The first-order valence-corrected chi connectivity index (χ1v) is 12.0. The number of aliphatic hydroxyl groups is 3. The number of carboxylic acid groups (broad SMARTS) is 1. The third-order valence-electron chi connectivity index (χ3n) is 5.40. The van der Waals surface area contributed by atoms with E-state index in [1.807, 2.05) is 25.1 Å². The van der Waals surface area contributed by atoms with Crippen LogP contribution in [0.1, 0.15) is 38.2 Å². The Morgan fingerprint density at radius 2 is 1.91 bits per heavy atom. The van der Waals surface area contributed by atoms with Crippen LogP contribution in [-0.4, -0.2) is 74.6 Å². The lowest BCUT2D eigenvalue weighted by molar-refractivity contribution is -0.264. The minimum Gasteiger partial charge on any atom is -0.480 e. The quantitative estimate of drug-likeness (QED) is 0.288. The van der Waals surface area contributed by atoms with Crippen LogP contribution in [0.3, 0.4) is 0 Å². The maximum Gasteiger partial charge on any atom is 0.408 e. The van der Waals surface area contributed by atoms with Crippen molar-refractivity contribution in [2.75, 3.05) is 11.5 Å². The highest BCUT2D eigenvalue weighted by Gasteiger charge is 2.43. The van der Waals surface area contributed by atoms with Crippen molar-refractivity contribution in [1.29, 1.82) is 0 Å². The van der Waals surface area contributed by atoms with Gasteiger partial charge in [-0.3, -0.25) is 0 Å². The molecular formula is C22H33NO8S. The monoisotopic (exact) mass is 471 g/mol. The Balaban J connectivity index is 1.78. The highest BCUT2D eigenvalue weighted by Crippen LogP contribution is 2.31. The van der Waals surface area contributed by atoms with E-state index in [-0.39, 0.29) is 18.9 Å². The summed E-state index contributed by atoms with van der Waals surface area (Å²) in [5.74, 6) is -0.654. The molecule has 9 nitrogen and oxygen atoms in total. The molecule has 0 radical (unpaired) electrons. The number of rotatable bonds is 12. The Morgan fingerprint density at radius 3 is 2.56 bits per heavy atom. The molecule has 0 aliphatic carbocycles. The molecule has 1 aliphatic heterocycles. The molecule has 2 rings (SSSR count). The molecule has 10 heteroatoms. The molecule has 1 aromatic rings. The Labute approximate surface area is 192 Å². The predicted molar refractivity (Wildman–Crippen MR) is 119 cm³/mol. The number of nitrogens with one attached hydrogen (secondary N) is 1. The van der Waals surface area contributed by atoms with E-state index in [0.717, 1.165) is 18.4 Å². The van der Waals surface area contributed by atoms with Crippen molar-refractivity contribution in [2.45, 2.75) is 69.9 Å². The van der Waals surface area contributed by atoms with Crippen LogP contribution in [0.2, 0.25) is 0 Å². The smallest absolute Gasteiger partial charge is 0.408 e. The van der Waals surface area contributed by atoms with Gasteiger partial charge in [0.25, 0.3) is 0 Å². The van der Waals surface area contributed by atoms with E-state index < -0.39 is 42.7 Å². The predicted octanol–water partition coefficient (Wildman–Crippen LogP) is 1.73. The van der Waals surface area contributed by atoms with Crippen molar-refractivity contribution in [3.8, 4) is 0 Å². The zero-order valence-corrected chi connectivity index (χ0v) is 18.9. The second kappa shape index (κ2) is 13.6. The highest BCUT2D eigenvalue weighted by molar-refractivity contribution is 7.99. The molecule has 5 unspecified atom stereocenters. The minimum atomic E-state index is -1.46. The third-order valence-corrected chi connectivity index (χ3v) is 6.49. The molecule has 180 valence electrons. The first-order valence-electron chi connectivity index (χ1n) is 10.8. The van der Waals surface area contributed by atoms with Crippen molar-refractivity contribution in [3.63, 3.8) is 0 Å². The zero-order valence-electron chi connectivity index (χ0n) is 18.1. The number of benzene rings is 1. The first-order chi connectivity index (χ1) is 15.3. The van der Waals surface area contributed by atoms with E-state index in [9.17, 15) is 30.0 Å². The average Bonchev–Trinajstić information content (AvgIpc) is 2.78. The number of unbranched alkanes of at least 4 members (excludes halogenated alkanes) is 1. The zero-order chi connectivity index (χ0) is 23.5. The van der Waals surface area contributed by atoms with Gasteiger partial charge in [0.2, 0.25) is 0 Å². The highest BCUT2D eigenvalue weighted by atomic mass is 32.2. The molecule has 32 heavy (non-hydrogen) atoms. The molecule has 6 atom stereocenters. The molecule has 0 saturated carbocycles. The van der Waals surface area contributed by atoms with Gasteiger partial charge in [0.1, 0.15) is 18.8 Å². The number of ether oxygens (including phenoxy) is 2. The number of carboxylic acids is 1. The summed E-state index contributed by atoms with van der Waals surface area (Å²) >= 11 is 1.40. The van der Waals surface area contributed by atoms with Gasteiger partial charge in [0.15, 0.2) is 6.29 Å². The molecule has 5 N–H and O–H groups in total. The number of alkyl carbamates (subject to hydrolysis) is 1. The Hall–Kier alpha value is -1.85. The summed E-state index contributed by atoms with van der Waals surface area (Å²) in [6, 6.07) is 7.96. The molecule has 0 aromatic heterocycles. The van der Waals surface area contributed by atoms with Crippen LogP contribution in [0.5, 0.6) is 0 Å². The van der Waals surface area contributed by atoms with E-state index in [1.165, 1.54) is 11.8 Å². The normalized spacial score (nSPS) is 26.3. The number of carbonyl (C=O) groups is 2. The van der Waals surface area contributed by atoms with Crippen LogP contribution < -0.4 is 5.32 Å². The lowest BCUT2D eigenvalue weighted by Crippen LogP contribution is -2.55. The fraction of sp³-hybridized carbons (Fsp3) is 0.636. The van der Waals surface area contributed by atoms with Crippen molar-refractivity contribution >= 4 is 23.8 Å². The third kappa shape index (κ3) is 8.25.